The van der Waals surface area contributed by atoms with E-state index in [4.69, 9.17) is 0 Å². The second-order valence-corrected chi connectivity index (χ2v) is 5.19. The van der Waals surface area contributed by atoms with Crippen molar-refractivity contribution < 1.29 is 0 Å². The van der Waals surface area contributed by atoms with Gasteiger partial charge in [0.2, 0.25) is 0 Å². The quantitative estimate of drug-likeness (QED) is 0.663. The first-order valence-corrected chi connectivity index (χ1v) is 6.87. The molecular weight excluding hydrogens is 178 g/mol. The summed E-state index contributed by atoms with van der Waals surface area (Å²) in [5.74, 6) is 3.73. The molecule has 1 aliphatic rings. The van der Waals surface area contributed by atoms with Crippen LogP contribution in [0.25, 0.3) is 0 Å². The Bertz CT molecular complexity index is 111. The molecule has 13 heavy (non-hydrogen) atoms. The summed E-state index contributed by atoms with van der Waals surface area (Å²) in [4.78, 5) is 0. The van der Waals surface area contributed by atoms with E-state index >= 15 is 0 Å². The average Bonchev–Trinajstić information content (AvgIpc) is 2.19. The number of thioether (sulfide) groups is 1. The Morgan fingerprint density at radius 3 is 3.00 bits per heavy atom. The van der Waals surface area contributed by atoms with Crippen molar-refractivity contribution in [1.29, 1.82) is 0 Å². The van der Waals surface area contributed by atoms with E-state index in [1.807, 2.05) is 0 Å². The summed E-state index contributed by atoms with van der Waals surface area (Å²) in [5.41, 5.74) is 0. The molecule has 1 nitrogen and oxygen atoms in total. The molecule has 78 valence electrons. The highest BCUT2D eigenvalue weighted by atomic mass is 32.2. The normalized spacial score (nSPS) is 23.3. The predicted octanol–water partition coefficient (Wildman–Crippen LogP) is 2.91. The fraction of sp³-hybridized carbons (Fsp3) is 1.00. The van der Waals surface area contributed by atoms with Crippen LogP contribution >= 0.6 is 11.8 Å². The van der Waals surface area contributed by atoms with Crippen LogP contribution in [0.3, 0.4) is 0 Å². The van der Waals surface area contributed by atoms with Crippen LogP contribution in [0.5, 0.6) is 0 Å². The van der Waals surface area contributed by atoms with Gasteiger partial charge in [0.25, 0.3) is 0 Å². The fourth-order valence-corrected chi connectivity index (χ4v) is 2.97. The Labute approximate surface area is 87.1 Å². The second-order valence-electron chi connectivity index (χ2n) is 3.97. The highest BCUT2D eigenvalue weighted by Gasteiger charge is 2.11. The lowest BCUT2D eigenvalue weighted by Gasteiger charge is -2.22. The van der Waals surface area contributed by atoms with Gasteiger partial charge in [-0.3, -0.25) is 0 Å². The van der Waals surface area contributed by atoms with Crippen molar-refractivity contribution in [2.75, 3.05) is 24.6 Å². The largest absolute Gasteiger partial charge is 0.316 e. The monoisotopic (exact) mass is 201 g/mol. The van der Waals surface area contributed by atoms with Crippen LogP contribution in [0, 0.1) is 5.92 Å². The molecule has 1 saturated heterocycles. The number of nitrogens with one attached hydrogen (secondary N) is 1. The van der Waals surface area contributed by atoms with E-state index < -0.39 is 0 Å². The third-order valence-corrected chi connectivity index (χ3v) is 3.81. The molecule has 1 N–H and O–H groups in total. The second kappa shape index (κ2) is 7.69. The van der Waals surface area contributed by atoms with Crippen LogP contribution in [0.15, 0.2) is 0 Å². The van der Waals surface area contributed by atoms with Gasteiger partial charge in [0.05, 0.1) is 0 Å². The predicted molar refractivity (Wildman–Crippen MR) is 62.4 cm³/mol. The Hall–Kier alpha value is 0.310. The van der Waals surface area contributed by atoms with Gasteiger partial charge in [-0.05, 0) is 56.2 Å². The Morgan fingerprint density at radius 1 is 1.38 bits per heavy atom. The number of hydrogen-bond donors (Lipinski definition) is 1. The van der Waals surface area contributed by atoms with Crippen LogP contribution in [0.4, 0.5) is 0 Å². The number of unbranched alkanes of at least 4 members (excludes halogenated alkanes) is 1. The van der Waals surface area contributed by atoms with Gasteiger partial charge in [0, 0.05) is 0 Å². The van der Waals surface area contributed by atoms with Crippen LogP contribution < -0.4 is 5.32 Å². The zero-order chi connectivity index (χ0) is 9.36. The molecule has 1 fully saturated rings. The van der Waals surface area contributed by atoms with Crippen molar-refractivity contribution in [3.63, 3.8) is 0 Å². The van der Waals surface area contributed by atoms with E-state index in [2.05, 4.69) is 24.0 Å². The molecule has 1 aliphatic heterocycles. The minimum absolute atomic E-state index is 0.975. The lowest BCUT2D eigenvalue weighted by atomic mass is 9.97. The van der Waals surface area contributed by atoms with Crippen molar-refractivity contribution in [3.05, 3.63) is 0 Å². The number of hydrogen-bond acceptors (Lipinski definition) is 2. The Morgan fingerprint density at radius 2 is 2.31 bits per heavy atom. The first-order valence-electron chi connectivity index (χ1n) is 5.72. The highest BCUT2D eigenvalue weighted by Crippen LogP contribution is 2.17. The zero-order valence-corrected chi connectivity index (χ0v) is 9.67. The molecule has 0 bridgehead atoms. The minimum Gasteiger partial charge on any atom is -0.316 e. The van der Waals surface area contributed by atoms with Gasteiger partial charge in [0.1, 0.15) is 0 Å². The van der Waals surface area contributed by atoms with Gasteiger partial charge in [-0.1, -0.05) is 13.3 Å². The summed E-state index contributed by atoms with van der Waals surface area (Å²) in [5, 5.41) is 3.48. The topological polar surface area (TPSA) is 12.0 Å². The van der Waals surface area contributed by atoms with Crippen LogP contribution in [0.1, 0.15) is 39.0 Å². The maximum absolute atomic E-state index is 3.48. The number of rotatable bonds is 6. The van der Waals surface area contributed by atoms with E-state index in [0.717, 1.165) is 5.92 Å². The SMILES string of the molecule is CCCCSCCC1CCCNC1. The van der Waals surface area contributed by atoms with Gasteiger partial charge in [-0.25, -0.2) is 0 Å². The standard InChI is InChI=1S/C11H23NS/c1-2-3-8-13-9-6-11-5-4-7-12-10-11/h11-12H,2-10H2,1H3. The van der Waals surface area contributed by atoms with Gasteiger partial charge < -0.3 is 5.32 Å². The molecule has 1 atom stereocenters. The maximum atomic E-state index is 3.48. The molecule has 0 spiro atoms. The van der Waals surface area contributed by atoms with Gasteiger partial charge in [-0.2, -0.15) is 11.8 Å². The summed E-state index contributed by atoms with van der Waals surface area (Å²) in [6.45, 7) is 4.79. The third-order valence-electron chi connectivity index (χ3n) is 2.71. The molecule has 0 aliphatic carbocycles. The molecule has 1 heterocycles. The third kappa shape index (κ3) is 5.58. The van der Waals surface area contributed by atoms with Crippen LogP contribution in [0.2, 0.25) is 0 Å². The summed E-state index contributed by atoms with van der Waals surface area (Å²) < 4.78 is 0. The maximum Gasteiger partial charge on any atom is -0.00202 e. The van der Waals surface area contributed by atoms with Crippen LogP contribution in [-0.4, -0.2) is 24.6 Å². The van der Waals surface area contributed by atoms with E-state index in [0.29, 0.717) is 0 Å². The number of piperidine rings is 1. The van der Waals surface area contributed by atoms with E-state index in [-0.39, 0.29) is 0 Å². The minimum atomic E-state index is 0.975. The lowest BCUT2D eigenvalue weighted by molar-refractivity contribution is 0.371. The highest BCUT2D eigenvalue weighted by molar-refractivity contribution is 7.99. The van der Waals surface area contributed by atoms with Gasteiger partial charge in [0.15, 0.2) is 0 Å². The fourth-order valence-electron chi connectivity index (χ4n) is 1.77. The van der Waals surface area contributed by atoms with E-state index in [1.165, 1.54) is 56.7 Å². The summed E-state index contributed by atoms with van der Waals surface area (Å²) in [6, 6.07) is 0. The Balaban J connectivity index is 1.86. The zero-order valence-electron chi connectivity index (χ0n) is 8.85. The first kappa shape index (κ1) is 11.4. The molecule has 0 aromatic carbocycles. The molecule has 0 aromatic rings. The Kier molecular flexibility index (Phi) is 6.73. The molecule has 2 heteroatoms. The first-order chi connectivity index (χ1) is 6.43. The molecule has 0 radical (unpaired) electrons. The summed E-state index contributed by atoms with van der Waals surface area (Å²) in [6.07, 6.45) is 7.03. The summed E-state index contributed by atoms with van der Waals surface area (Å²) >= 11 is 2.14. The molecule has 0 aromatic heterocycles. The van der Waals surface area contributed by atoms with Crippen molar-refractivity contribution in [2.24, 2.45) is 5.92 Å². The molecule has 1 unspecified atom stereocenters. The molecule has 0 saturated carbocycles. The van der Waals surface area contributed by atoms with Crippen molar-refractivity contribution in [2.45, 2.75) is 39.0 Å². The molecule has 0 amide bonds. The lowest BCUT2D eigenvalue weighted by Crippen LogP contribution is -2.29. The van der Waals surface area contributed by atoms with E-state index in [9.17, 15) is 0 Å². The average molecular weight is 201 g/mol. The van der Waals surface area contributed by atoms with Crippen molar-refractivity contribution in [3.8, 4) is 0 Å². The van der Waals surface area contributed by atoms with E-state index in [1.54, 1.807) is 0 Å². The van der Waals surface area contributed by atoms with Crippen LogP contribution in [-0.2, 0) is 0 Å². The summed E-state index contributed by atoms with van der Waals surface area (Å²) in [7, 11) is 0. The van der Waals surface area contributed by atoms with Crippen molar-refractivity contribution >= 4 is 11.8 Å². The van der Waals surface area contributed by atoms with Crippen molar-refractivity contribution in [1.82, 2.24) is 5.32 Å². The van der Waals surface area contributed by atoms with Gasteiger partial charge >= 0.3 is 0 Å². The smallest absolute Gasteiger partial charge is 0.00202 e. The molecule has 1 rings (SSSR count). The molecular formula is C11H23NS. The van der Waals surface area contributed by atoms with Gasteiger partial charge in [-0.15, -0.1) is 0 Å².